The summed E-state index contributed by atoms with van der Waals surface area (Å²) in [5.74, 6) is 0.598. The molecular weight excluding hydrogens is 271 g/mol. The molecule has 21 heavy (non-hydrogen) atoms. The van der Waals surface area contributed by atoms with Gasteiger partial charge in [-0.1, -0.05) is 5.98 Å². The number of pyridine rings is 1. The van der Waals surface area contributed by atoms with Crippen LogP contribution < -0.4 is 5.73 Å². The second-order valence-electron chi connectivity index (χ2n) is 5.95. The Kier molecular flexibility index (Phi) is 3.82. The Morgan fingerprint density at radius 3 is 2.43 bits per heavy atom. The van der Waals surface area contributed by atoms with Gasteiger partial charge in [0.25, 0.3) is 0 Å². The molecule has 1 aromatic rings. The third-order valence-electron chi connectivity index (χ3n) is 3.93. The lowest BCUT2D eigenvalue weighted by Crippen LogP contribution is -2.41. The quantitative estimate of drug-likeness (QED) is 0.827. The number of aromatic carboxylic acids is 1. The van der Waals surface area contributed by atoms with Crippen LogP contribution >= 0.6 is 0 Å². The van der Waals surface area contributed by atoms with Crippen molar-refractivity contribution in [2.75, 3.05) is 5.73 Å². The number of carboxylic acid groups (broad SMARTS) is 1. The molecule has 0 aromatic carbocycles. The van der Waals surface area contributed by atoms with Crippen LogP contribution in [0.2, 0.25) is 0 Å². The first-order valence-corrected chi connectivity index (χ1v) is 6.66. The molecule has 0 aliphatic carbocycles. The van der Waals surface area contributed by atoms with E-state index in [1.165, 1.54) is 12.3 Å². The number of nitrogens with two attached hydrogens (primary N) is 1. The minimum absolute atomic E-state index is 0.0265. The van der Waals surface area contributed by atoms with Crippen molar-refractivity contribution in [1.29, 1.82) is 0 Å². The number of carboxylic acids is 1. The molecule has 112 valence electrons. The first-order chi connectivity index (χ1) is 9.64. The molecule has 0 radical (unpaired) electrons. The molecule has 7 heteroatoms. The normalized spacial score (nSPS) is 20.1. The molecule has 1 aliphatic heterocycles. The van der Waals surface area contributed by atoms with Crippen LogP contribution in [0.4, 0.5) is 5.69 Å². The number of nitrogens with zero attached hydrogens (tertiary/aromatic N) is 1. The summed E-state index contributed by atoms with van der Waals surface area (Å²) >= 11 is 0. The van der Waals surface area contributed by atoms with E-state index >= 15 is 0 Å². The average molecular weight is 290 g/mol. The summed E-state index contributed by atoms with van der Waals surface area (Å²) in [5, 5.41) is 9.03. The van der Waals surface area contributed by atoms with E-state index in [0.717, 1.165) is 0 Å². The molecule has 0 unspecified atom stereocenters. The van der Waals surface area contributed by atoms with Crippen molar-refractivity contribution in [2.45, 2.75) is 38.9 Å². The van der Waals surface area contributed by atoms with Crippen molar-refractivity contribution in [1.82, 2.24) is 4.98 Å². The van der Waals surface area contributed by atoms with Crippen molar-refractivity contribution >= 4 is 24.9 Å². The van der Waals surface area contributed by atoms with Gasteiger partial charge in [0.05, 0.1) is 28.1 Å². The highest BCUT2D eigenvalue weighted by Crippen LogP contribution is 2.37. The fourth-order valence-electron chi connectivity index (χ4n) is 1.95. The Balaban J connectivity index is 2.20. The molecule has 6 nitrogen and oxygen atoms in total. The van der Waals surface area contributed by atoms with Crippen molar-refractivity contribution in [3.8, 4) is 0 Å². The van der Waals surface area contributed by atoms with E-state index in [4.69, 9.17) is 20.1 Å². The van der Waals surface area contributed by atoms with Crippen LogP contribution in [0.15, 0.2) is 18.2 Å². The van der Waals surface area contributed by atoms with E-state index in [2.05, 4.69) is 4.98 Å². The lowest BCUT2D eigenvalue weighted by atomic mass is 9.89. The van der Waals surface area contributed by atoms with Crippen LogP contribution in [0, 0.1) is 0 Å². The molecular formula is C14H19BN2O4. The maximum absolute atomic E-state index is 11.0. The summed E-state index contributed by atoms with van der Waals surface area (Å²) in [6.45, 7) is 7.83. The second-order valence-corrected chi connectivity index (χ2v) is 5.95. The van der Waals surface area contributed by atoms with E-state index in [1.54, 1.807) is 12.1 Å². The van der Waals surface area contributed by atoms with Gasteiger partial charge >= 0.3 is 13.1 Å². The van der Waals surface area contributed by atoms with Crippen molar-refractivity contribution < 1.29 is 19.2 Å². The topological polar surface area (TPSA) is 94.7 Å². The van der Waals surface area contributed by atoms with Crippen LogP contribution in [0.3, 0.4) is 0 Å². The number of hydrogen-bond acceptors (Lipinski definition) is 5. The molecule has 0 amide bonds. The predicted octanol–water partition coefficient (Wildman–Crippen LogP) is 2.01. The summed E-state index contributed by atoms with van der Waals surface area (Å²) in [6, 6.07) is 1.36. The molecule has 3 N–H and O–H groups in total. The highest BCUT2D eigenvalue weighted by molar-refractivity contribution is 6.52. The molecule has 0 saturated carbocycles. The van der Waals surface area contributed by atoms with Gasteiger partial charge in [-0.05, 0) is 39.8 Å². The predicted molar refractivity (Wildman–Crippen MR) is 80.7 cm³/mol. The number of rotatable bonds is 3. The van der Waals surface area contributed by atoms with Gasteiger partial charge in [0.15, 0.2) is 0 Å². The molecule has 1 aromatic heterocycles. The van der Waals surface area contributed by atoms with E-state index in [-0.39, 0.29) is 11.3 Å². The Labute approximate surface area is 124 Å². The molecule has 2 rings (SSSR count). The zero-order chi connectivity index (χ0) is 15.8. The summed E-state index contributed by atoms with van der Waals surface area (Å²) in [6.07, 6.45) is 3.02. The maximum atomic E-state index is 11.0. The Morgan fingerprint density at radius 2 is 1.90 bits per heavy atom. The van der Waals surface area contributed by atoms with Crippen molar-refractivity contribution in [3.63, 3.8) is 0 Å². The van der Waals surface area contributed by atoms with Gasteiger partial charge in [-0.15, -0.1) is 0 Å². The largest absolute Gasteiger partial charge is 0.487 e. The van der Waals surface area contributed by atoms with Gasteiger partial charge in [-0.3, -0.25) is 4.98 Å². The highest BCUT2D eigenvalue weighted by Gasteiger charge is 2.50. The second kappa shape index (κ2) is 5.16. The molecule has 0 bridgehead atoms. The van der Waals surface area contributed by atoms with Gasteiger partial charge < -0.3 is 20.1 Å². The van der Waals surface area contributed by atoms with Crippen molar-refractivity contribution in [2.24, 2.45) is 0 Å². The lowest BCUT2D eigenvalue weighted by Gasteiger charge is -2.32. The zero-order valence-electron chi connectivity index (χ0n) is 12.6. The number of nitrogen functional groups attached to an aromatic ring is 1. The Morgan fingerprint density at radius 1 is 1.33 bits per heavy atom. The number of anilines is 1. The van der Waals surface area contributed by atoms with Crippen LogP contribution in [0.5, 0.6) is 0 Å². The Hall–Kier alpha value is -1.86. The summed E-state index contributed by atoms with van der Waals surface area (Å²) in [5.41, 5.74) is 5.47. The number of carbonyl (C=O) groups is 1. The molecule has 2 heterocycles. The van der Waals surface area contributed by atoms with Gasteiger partial charge in [0.2, 0.25) is 0 Å². The number of aromatic nitrogens is 1. The third kappa shape index (κ3) is 2.93. The minimum Gasteiger partial charge on any atom is -0.478 e. The van der Waals surface area contributed by atoms with Gasteiger partial charge in [0.1, 0.15) is 0 Å². The third-order valence-corrected chi connectivity index (χ3v) is 3.93. The summed E-state index contributed by atoms with van der Waals surface area (Å²) < 4.78 is 11.6. The number of hydrogen-bond donors (Lipinski definition) is 2. The standard InChI is InChI=1S/C14H19BN2O4/c1-13(2)14(3,4)21-15(20-13)7-5-10-11(16)9(12(18)19)6-8-17-10/h5-8H,16H2,1-4H3,(H,18,19)/b7-5+. The molecule has 1 saturated heterocycles. The lowest BCUT2D eigenvalue weighted by molar-refractivity contribution is 0.00578. The summed E-state index contributed by atoms with van der Waals surface area (Å²) in [4.78, 5) is 15.1. The van der Waals surface area contributed by atoms with E-state index in [9.17, 15) is 4.79 Å². The fourth-order valence-corrected chi connectivity index (χ4v) is 1.95. The molecule has 1 aliphatic rings. The molecule has 1 fully saturated rings. The molecule has 0 atom stereocenters. The minimum atomic E-state index is -1.08. The first-order valence-electron chi connectivity index (χ1n) is 6.66. The van der Waals surface area contributed by atoms with Crippen molar-refractivity contribution in [3.05, 3.63) is 29.5 Å². The maximum Gasteiger partial charge on any atom is 0.487 e. The fraction of sp³-hybridized carbons (Fsp3) is 0.429. The summed E-state index contributed by atoms with van der Waals surface area (Å²) in [7, 11) is -0.523. The first kappa shape index (κ1) is 15.5. The van der Waals surface area contributed by atoms with Crippen LogP contribution in [-0.4, -0.2) is 34.4 Å². The van der Waals surface area contributed by atoms with E-state index in [0.29, 0.717) is 5.69 Å². The zero-order valence-corrected chi connectivity index (χ0v) is 12.6. The van der Waals surface area contributed by atoms with E-state index in [1.807, 2.05) is 27.7 Å². The van der Waals surface area contributed by atoms with Gasteiger partial charge in [-0.2, -0.15) is 0 Å². The van der Waals surface area contributed by atoms with Crippen LogP contribution in [-0.2, 0) is 9.31 Å². The van der Waals surface area contributed by atoms with E-state index < -0.39 is 24.3 Å². The van der Waals surface area contributed by atoms with Crippen LogP contribution in [0.25, 0.3) is 6.08 Å². The smallest absolute Gasteiger partial charge is 0.478 e. The molecule has 0 spiro atoms. The van der Waals surface area contributed by atoms with Crippen LogP contribution in [0.1, 0.15) is 43.7 Å². The average Bonchev–Trinajstić information content (AvgIpc) is 2.56. The van der Waals surface area contributed by atoms with Gasteiger partial charge in [-0.25, -0.2) is 4.79 Å². The SMILES string of the molecule is CC1(C)OB(/C=C/c2nccc(C(=O)O)c2N)OC1(C)C. The van der Waals surface area contributed by atoms with Gasteiger partial charge in [0, 0.05) is 6.20 Å². The Bertz CT molecular complexity index is 583. The highest BCUT2D eigenvalue weighted by atomic mass is 16.7. The monoisotopic (exact) mass is 290 g/mol.